The van der Waals surface area contributed by atoms with Crippen molar-refractivity contribution in [2.45, 2.75) is 58.3 Å². The molecular weight excluding hydrogens is 358 g/mol. The number of carbonyl (C=O) groups excluding carboxylic acids is 2. The predicted octanol–water partition coefficient (Wildman–Crippen LogP) is 3.78. The maximum atomic E-state index is 12.8. The monoisotopic (exact) mass is 389 g/mol. The Bertz CT molecular complexity index is 650. The lowest BCUT2D eigenvalue weighted by Gasteiger charge is -2.25. The molecule has 0 radical (unpaired) electrons. The van der Waals surface area contributed by atoms with E-state index in [0.717, 1.165) is 37.9 Å². The minimum atomic E-state index is -0.576. The van der Waals surface area contributed by atoms with E-state index in [-0.39, 0.29) is 30.5 Å². The Morgan fingerprint density at radius 1 is 1.07 bits per heavy atom. The summed E-state index contributed by atoms with van der Waals surface area (Å²) in [6.07, 6.45) is 3.56. The van der Waals surface area contributed by atoms with Crippen LogP contribution < -0.4 is 0 Å². The number of benzene rings is 1. The van der Waals surface area contributed by atoms with E-state index in [2.05, 4.69) is 6.92 Å². The quantitative estimate of drug-likeness (QED) is 0.500. The van der Waals surface area contributed by atoms with Gasteiger partial charge in [0.1, 0.15) is 12.6 Å². The van der Waals surface area contributed by atoms with E-state index < -0.39 is 12.1 Å². The van der Waals surface area contributed by atoms with Gasteiger partial charge in [0.2, 0.25) is 0 Å². The van der Waals surface area contributed by atoms with Crippen LogP contribution in [0.1, 0.15) is 45.1 Å². The van der Waals surface area contributed by atoms with E-state index in [0.29, 0.717) is 13.2 Å². The molecular formula is C22H31NO5. The maximum absolute atomic E-state index is 12.8. The van der Waals surface area contributed by atoms with Crippen LogP contribution in [0.3, 0.4) is 0 Å². The van der Waals surface area contributed by atoms with E-state index in [9.17, 15) is 9.59 Å². The standard InChI is InChI=1S/C22H31NO5/c1-3-5-13-27-19-12-11-17-18(19)14-23(20(17)21(24)26-4-2)22(25)28-15-16-9-7-6-8-10-16/h6-10,17-20H,3-5,11-15H2,1-2H3/t17-,18-,19-,20-/m1/s1. The van der Waals surface area contributed by atoms with Gasteiger partial charge in [-0.3, -0.25) is 4.90 Å². The molecule has 0 aromatic heterocycles. The summed E-state index contributed by atoms with van der Waals surface area (Å²) < 4.78 is 16.9. The van der Waals surface area contributed by atoms with E-state index in [1.54, 1.807) is 11.8 Å². The largest absolute Gasteiger partial charge is 0.464 e. The number of unbranched alkanes of at least 4 members (excludes halogenated alkanes) is 1. The molecule has 28 heavy (non-hydrogen) atoms. The van der Waals surface area contributed by atoms with Crippen molar-refractivity contribution in [2.24, 2.45) is 11.8 Å². The average molecular weight is 389 g/mol. The number of ether oxygens (including phenoxy) is 3. The van der Waals surface area contributed by atoms with E-state index in [1.165, 1.54) is 0 Å². The highest BCUT2D eigenvalue weighted by molar-refractivity contribution is 5.82. The fraction of sp³-hybridized carbons (Fsp3) is 0.636. The highest BCUT2D eigenvalue weighted by Crippen LogP contribution is 2.44. The SMILES string of the molecule is CCCCO[C@@H]1CC[C@@H]2[C@H]1CN(C(=O)OCc1ccccc1)[C@H]2C(=O)OCC. The highest BCUT2D eigenvalue weighted by Gasteiger charge is 2.54. The Balaban J connectivity index is 1.67. The minimum Gasteiger partial charge on any atom is -0.464 e. The Kier molecular flexibility index (Phi) is 7.31. The summed E-state index contributed by atoms with van der Waals surface area (Å²) in [4.78, 5) is 27.0. The number of amides is 1. The fourth-order valence-electron chi connectivity index (χ4n) is 4.38. The lowest BCUT2D eigenvalue weighted by atomic mass is 9.93. The summed E-state index contributed by atoms with van der Waals surface area (Å²) in [6, 6.07) is 8.97. The summed E-state index contributed by atoms with van der Waals surface area (Å²) in [5.74, 6) is -0.0913. The van der Waals surface area contributed by atoms with Crippen molar-refractivity contribution in [3.63, 3.8) is 0 Å². The van der Waals surface area contributed by atoms with Crippen molar-refractivity contribution in [3.05, 3.63) is 35.9 Å². The smallest absolute Gasteiger partial charge is 0.410 e. The molecule has 3 rings (SSSR count). The molecule has 2 fully saturated rings. The van der Waals surface area contributed by atoms with Crippen LogP contribution in [0.2, 0.25) is 0 Å². The maximum Gasteiger partial charge on any atom is 0.410 e. The zero-order chi connectivity index (χ0) is 19.9. The van der Waals surface area contributed by atoms with Crippen LogP contribution in [0.4, 0.5) is 4.79 Å². The lowest BCUT2D eigenvalue weighted by molar-refractivity contribution is -0.149. The van der Waals surface area contributed by atoms with Gasteiger partial charge in [-0.25, -0.2) is 9.59 Å². The molecule has 1 aliphatic heterocycles. The molecule has 1 heterocycles. The molecule has 0 unspecified atom stereocenters. The topological polar surface area (TPSA) is 65.1 Å². The first kappa shape index (κ1) is 20.6. The average Bonchev–Trinajstić information content (AvgIpc) is 3.27. The van der Waals surface area contributed by atoms with Gasteiger partial charge in [-0.15, -0.1) is 0 Å². The first-order valence-corrected chi connectivity index (χ1v) is 10.4. The highest BCUT2D eigenvalue weighted by atomic mass is 16.6. The molecule has 0 bridgehead atoms. The van der Waals surface area contributed by atoms with Gasteiger partial charge in [-0.1, -0.05) is 43.7 Å². The number of fused-ring (bicyclic) bond motifs is 1. The van der Waals surface area contributed by atoms with Gasteiger partial charge in [0.25, 0.3) is 0 Å². The van der Waals surface area contributed by atoms with Crippen molar-refractivity contribution in [1.29, 1.82) is 0 Å². The normalized spacial score (nSPS) is 26.1. The third kappa shape index (κ3) is 4.66. The number of likely N-dealkylation sites (tertiary alicyclic amines) is 1. The Hall–Kier alpha value is -2.08. The van der Waals surface area contributed by atoms with Gasteiger partial charge < -0.3 is 14.2 Å². The Morgan fingerprint density at radius 2 is 1.86 bits per heavy atom. The molecule has 1 saturated heterocycles. The molecule has 1 aliphatic carbocycles. The van der Waals surface area contributed by atoms with Crippen molar-refractivity contribution in [1.82, 2.24) is 4.90 Å². The van der Waals surface area contributed by atoms with Crippen molar-refractivity contribution < 1.29 is 23.8 Å². The Morgan fingerprint density at radius 3 is 2.57 bits per heavy atom. The third-order valence-electron chi connectivity index (χ3n) is 5.76. The van der Waals surface area contributed by atoms with Crippen LogP contribution in [0.15, 0.2) is 30.3 Å². The molecule has 154 valence electrons. The number of nitrogens with zero attached hydrogens (tertiary/aromatic N) is 1. The van der Waals surface area contributed by atoms with Gasteiger partial charge in [-0.2, -0.15) is 0 Å². The van der Waals surface area contributed by atoms with E-state index in [4.69, 9.17) is 14.2 Å². The number of esters is 1. The zero-order valence-electron chi connectivity index (χ0n) is 16.8. The number of carbonyl (C=O) groups is 2. The number of hydrogen-bond acceptors (Lipinski definition) is 5. The summed E-state index contributed by atoms with van der Waals surface area (Å²) in [6.45, 7) is 5.63. The molecule has 6 heteroatoms. The molecule has 1 saturated carbocycles. The number of rotatable bonds is 8. The van der Waals surface area contributed by atoms with Crippen molar-refractivity contribution in [3.8, 4) is 0 Å². The van der Waals surface area contributed by atoms with Crippen LogP contribution in [0.5, 0.6) is 0 Å². The molecule has 1 amide bonds. The Labute approximate surface area is 167 Å². The van der Waals surface area contributed by atoms with Crippen LogP contribution in [0, 0.1) is 11.8 Å². The summed E-state index contributed by atoms with van der Waals surface area (Å²) in [7, 11) is 0. The van der Waals surface area contributed by atoms with Crippen molar-refractivity contribution in [2.75, 3.05) is 19.8 Å². The molecule has 1 aromatic rings. The molecule has 0 spiro atoms. The summed E-state index contributed by atoms with van der Waals surface area (Å²) in [5.41, 5.74) is 0.920. The second-order valence-corrected chi connectivity index (χ2v) is 7.56. The summed E-state index contributed by atoms with van der Waals surface area (Å²) in [5, 5.41) is 0. The van der Waals surface area contributed by atoms with Gasteiger partial charge in [-0.05, 0) is 37.7 Å². The molecule has 2 aliphatic rings. The third-order valence-corrected chi connectivity index (χ3v) is 5.76. The molecule has 0 N–H and O–H groups in total. The predicted molar refractivity (Wildman–Crippen MR) is 105 cm³/mol. The van der Waals surface area contributed by atoms with Crippen LogP contribution in [-0.4, -0.2) is 48.9 Å². The lowest BCUT2D eigenvalue weighted by Crippen LogP contribution is -2.44. The number of hydrogen-bond donors (Lipinski definition) is 0. The molecule has 6 nitrogen and oxygen atoms in total. The fourth-order valence-corrected chi connectivity index (χ4v) is 4.38. The van der Waals surface area contributed by atoms with Gasteiger partial charge in [0.05, 0.1) is 12.7 Å². The first-order chi connectivity index (χ1) is 13.7. The van der Waals surface area contributed by atoms with Crippen LogP contribution in [0.25, 0.3) is 0 Å². The van der Waals surface area contributed by atoms with Gasteiger partial charge >= 0.3 is 12.1 Å². The van der Waals surface area contributed by atoms with Gasteiger partial charge in [0, 0.05) is 19.1 Å². The minimum absolute atomic E-state index is 0.0787. The zero-order valence-corrected chi connectivity index (χ0v) is 16.8. The second-order valence-electron chi connectivity index (χ2n) is 7.56. The van der Waals surface area contributed by atoms with E-state index in [1.807, 2.05) is 30.3 Å². The van der Waals surface area contributed by atoms with E-state index >= 15 is 0 Å². The summed E-state index contributed by atoms with van der Waals surface area (Å²) >= 11 is 0. The van der Waals surface area contributed by atoms with Crippen molar-refractivity contribution >= 4 is 12.1 Å². The second kappa shape index (κ2) is 9.92. The first-order valence-electron chi connectivity index (χ1n) is 10.4. The van der Waals surface area contributed by atoms with Gasteiger partial charge in [0.15, 0.2) is 0 Å². The van der Waals surface area contributed by atoms with Crippen LogP contribution >= 0.6 is 0 Å². The molecule has 1 aromatic carbocycles. The van der Waals surface area contributed by atoms with Crippen LogP contribution in [-0.2, 0) is 25.6 Å². The molecule has 4 atom stereocenters.